The van der Waals surface area contributed by atoms with Crippen molar-refractivity contribution in [3.63, 3.8) is 0 Å². The van der Waals surface area contributed by atoms with Gasteiger partial charge in [-0.3, -0.25) is 4.90 Å². The van der Waals surface area contributed by atoms with Crippen LogP contribution in [-0.4, -0.2) is 46.3 Å². The van der Waals surface area contributed by atoms with E-state index in [1.54, 1.807) is 11.3 Å². The summed E-state index contributed by atoms with van der Waals surface area (Å²) in [6.07, 6.45) is 7.96. The molecule has 2 heterocycles. The normalized spacial score (nSPS) is 28.1. The number of nitrogens with one attached hydrogen (secondary N) is 1. The van der Waals surface area contributed by atoms with Gasteiger partial charge in [0.1, 0.15) is 0 Å². The quantitative estimate of drug-likeness (QED) is 0.874. The highest BCUT2D eigenvalue weighted by molar-refractivity contribution is 7.09. The van der Waals surface area contributed by atoms with Gasteiger partial charge < -0.3 is 10.4 Å². The van der Waals surface area contributed by atoms with Gasteiger partial charge in [-0.15, -0.1) is 11.3 Å². The Balaban J connectivity index is 1.41. The van der Waals surface area contributed by atoms with E-state index in [0.717, 1.165) is 32.5 Å². The lowest BCUT2D eigenvalue weighted by Crippen LogP contribution is -2.51. The molecule has 3 rings (SSSR count). The van der Waals surface area contributed by atoms with E-state index in [-0.39, 0.29) is 6.10 Å². The molecule has 1 aromatic rings. The predicted octanol–water partition coefficient (Wildman–Crippen LogP) is 2.56. The van der Waals surface area contributed by atoms with Crippen molar-refractivity contribution < 1.29 is 5.11 Å². The molecule has 4 nitrogen and oxygen atoms in total. The van der Waals surface area contributed by atoms with E-state index in [9.17, 15) is 5.11 Å². The standard InChI is InChI=1S/C17H29N3OS/c1-2-17-19-14(12-22-17)11-18-13-7-9-20(10-8-13)15-5-3-4-6-16(15)21/h12-13,15-16,18,21H,2-11H2,1H3. The number of nitrogens with zero attached hydrogens (tertiary/aromatic N) is 2. The number of hydrogen-bond donors (Lipinski definition) is 2. The van der Waals surface area contributed by atoms with Crippen LogP contribution in [0.25, 0.3) is 0 Å². The molecule has 124 valence electrons. The largest absolute Gasteiger partial charge is 0.391 e. The Morgan fingerprint density at radius 1 is 1.27 bits per heavy atom. The molecule has 0 radical (unpaired) electrons. The second-order valence-corrected chi connectivity index (χ2v) is 7.64. The Bertz CT molecular complexity index is 457. The number of aryl methyl sites for hydroxylation is 1. The van der Waals surface area contributed by atoms with Crippen LogP contribution in [-0.2, 0) is 13.0 Å². The van der Waals surface area contributed by atoms with Gasteiger partial charge in [-0.2, -0.15) is 0 Å². The van der Waals surface area contributed by atoms with E-state index >= 15 is 0 Å². The summed E-state index contributed by atoms with van der Waals surface area (Å²) < 4.78 is 0. The number of aliphatic hydroxyl groups is 1. The number of aromatic nitrogens is 1. The topological polar surface area (TPSA) is 48.4 Å². The van der Waals surface area contributed by atoms with Crippen LogP contribution in [0, 0.1) is 0 Å². The molecule has 0 amide bonds. The van der Waals surface area contributed by atoms with Crippen LogP contribution in [0.5, 0.6) is 0 Å². The van der Waals surface area contributed by atoms with E-state index < -0.39 is 0 Å². The number of rotatable bonds is 5. The lowest BCUT2D eigenvalue weighted by molar-refractivity contribution is 0.00713. The maximum Gasteiger partial charge on any atom is 0.0926 e. The first-order chi connectivity index (χ1) is 10.8. The van der Waals surface area contributed by atoms with Gasteiger partial charge in [0.2, 0.25) is 0 Å². The Kier molecular flexibility index (Phi) is 5.85. The van der Waals surface area contributed by atoms with Crippen LogP contribution in [0.1, 0.15) is 56.2 Å². The van der Waals surface area contributed by atoms with Crippen molar-refractivity contribution >= 4 is 11.3 Å². The number of hydrogen-bond acceptors (Lipinski definition) is 5. The molecular weight excluding hydrogens is 294 g/mol. The van der Waals surface area contributed by atoms with Crippen molar-refractivity contribution in [1.29, 1.82) is 0 Å². The van der Waals surface area contributed by atoms with Gasteiger partial charge in [0.15, 0.2) is 0 Å². The average Bonchev–Trinajstić information content (AvgIpc) is 3.02. The fourth-order valence-corrected chi connectivity index (χ4v) is 4.54. The molecule has 1 aliphatic carbocycles. The average molecular weight is 324 g/mol. The SMILES string of the molecule is CCc1nc(CNC2CCN(C3CCCCC3O)CC2)cs1. The summed E-state index contributed by atoms with van der Waals surface area (Å²) in [6.45, 7) is 5.30. The third-order valence-corrected chi connectivity index (χ3v) is 6.21. The summed E-state index contributed by atoms with van der Waals surface area (Å²) in [5.41, 5.74) is 1.19. The van der Waals surface area contributed by atoms with E-state index in [1.807, 2.05) is 0 Å². The number of aliphatic hydroxyl groups excluding tert-OH is 1. The summed E-state index contributed by atoms with van der Waals surface area (Å²) >= 11 is 1.77. The molecule has 1 saturated carbocycles. The van der Waals surface area contributed by atoms with Gasteiger partial charge in [-0.25, -0.2) is 4.98 Å². The van der Waals surface area contributed by atoms with Gasteiger partial charge >= 0.3 is 0 Å². The van der Waals surface area contributed by atoms with Crippen LogP contribution in [0.3, 0.4) is 0 Å². The highest BCUT2D eigenvalue weighted by atomic mass is 32.1. The molecule has 2 fully saturated rings. The third-order valence-electron chi connectivity index (χ3n) is 5.17. The van der Waals surface area contributed by atoms with Gasteiger partial charge in [0, 0.05) is 37.1 Å². The summed E-state index contributed by atoms with van der Waals surface area (Å²) in [5, 5.41) is 17.3. The zero-order valence-electron chi connectivity index (χ0n) is 13.6. The molecule has 2 N–H and O–H groups in total. The van der Waals surface area contributed by atoms with Crippen LogP contribution in [0.4, 0.5) is 0 Å². The van der Waals surface area contributed by atoms with E-state index in [2.05, 4.69) is 27.5 Å². The van der Waals surface area contributed by atoms with E-state index in [0.29, 0.717) is 12.1 Å². The molecule has 5 heteroatoms. The van der Waals surface area contributed by atoms with Gasteiger partial charge in [0.05, 0.1) is 16.8 Å². The fraction of sp³-hybridized carbons (Fsp3) is 0.824. The summed E-state index contributed by atoms with van der Waals surface area (Å²) in [6, 6.07) is 1.02. The van der Waals surface area contributed by atoms with Crippen molar-refractivity contribution in [3.05, 3.63) is 16.1 Å². The number of piperidine rings is 1. The monoisotopic (exact) mass is 323 g/mol. The zero-order valence-corrected chi connectivity index (χ0v) is 14.4. The van der Waals surface area contributed by atoms with Gasteiger partial charge in [-0.1, -0.05) is 19.8 Å². The van der Waals surface area contributed by atoms with Crippen LogP contribution < -0.4 is 5.32 Å². The maximum absolute atomic E-state index is 10.2. The first kappa shape index (κ1) is 16.4. The van der Waals surface area contributed by atoms with Crippen molar-refractivity contribution in [2.45, 2.75) is 76.6 Å². The first-order valence-corrected chi connectivity index (χ1v) is 9.73. The number of likely N-dealkylation sites (tertiary alicyclic amines) is 1. The van der Waals surface area contributed by atoms with Crippen LogP contribution in [0.15, 0.2) is 5.38 Å². The fourth-order valence-electron chi connectivity index (χ4n) is 3.79. The Morgan fingerprint density at radius 2 is 2.05 bits per heavy atom. The molecule has 1 saturated heterocycles. The Hall–Kier alpha value is -0.490. The first-order valence-electron chi connectivity index (χ1n) is 8.85. The van der Waals surface area contributed by atoms with Crippen molar-refractivity contribution in [3.8, 4) is 0 Å². The minimum atomic E-state index is -0.0965. The molecule has 2 unspecified atom stereocenters. The summed E-state index contributed by atoms with van der Waals surface area (Å²) in [4.78, 5) is 7.15. The molecule has 2 aliphatic rings. The highest BCUT2D eigenvalue weighted by Crippen LogP contribution is 2.26. The molecule has 1 aromatic heterocycles. The van der Waals surface area contributed by atoms with Crippen LogP contribution in [0.2, 0.25) is 0 Å². The molecule has 1 aliphatic heterocycles. The second-order valence-electron chi connectivity index (χ2n) is 6.70. The predicted molar refractivity (Wildman–Crippen MR) is 91.2 cm³/mol. The summed E-state index contributed by atoms with van der Waals surface area (Å²) in [5.74, 6) is 0. The second kappa shape index (κ2) is 7.86. The van der Waals surface area contributed by atoms with Gasteiger partial charge in [0.25, 0.3) is 0 Å². The highest BCUT2D eigenvalue weighted by Gasteiger charge is 2.31. The van der Waals surface area contributed by atoms with Crippen molar-refractivity contribution in [2.24, 2.45) is 0 Å². The van der Waals surface area contributed by atoms with E-state index in [1.165, 1.54) is 42.8 Å². The minimum absolute atomic E-state index is 0.0965. The third kappa shape index (κ3) is 4.07. The van der Waals surface area contributed by atoms with Crippen molar-refractivity contribution in [1.82, 2.24) is 15.2 Å². The Labute approximate surface area is 137 Å². The minimum Gasteiger partial charge on any atom is -0.391 e. The van der Waals surface area contributed by atoms with E-state index in [4.69, 9.17) is 0 Å². The van der Waals surface area contributed by atoms with Gasteiger partial charge in [-0.05, 0) is 32.1 Å². The smallest absolute Gasteiger partial charge is 0.0926 e. The van der Waals surface area contributed by atoms with Crippen LogP contribution >= 0.6 is 11.3 Å². The zero-order chi connectivity index (χ0) is 15.4. The van der Waals surface area contributed by atoms with Crippen molar-refractivity contribution in [2.75, 3.05) is 13.1 Å². The lowest BCUT2D eigenvalue weighted by atomic mass is 9.89. The summed E-state index contributed by atoms with van der Waals surface area (Å²) in [7, 11) is 0. The Morgan fingerprint density at radius 3 is 2.73 bits per heavy atom. The molecule has 2 atom stereocenters. The molecule has 0 bridgehead atoms. The molecular formula is C17H29N3OS. The molecule has 0 spiro atoms. The molecule has 22 heavy (non-hydrogen) atoms. The maximum atomic E-state index is 10.2. The molecule has 0 aromatic carbocycles. The lowest BCUT2D eigenvalue weighted by Gasteiger charge is -2.41. The number of thiazole rings is 1.